The molecular weight excluding hydrogens is 440 g/mol. The number of hydrogen-bond donors (Lipinski definition) is 2. The number of nitrogen functional groups attached to an aromatic ring is 1. The summed E-state index contributed by atoms with van der Waals surface area (Å²) >= 11 is 0. The molecule has 0 saturated carbocycles. The fraction of sp³-hybridized carbons (Fsp3) is 0.400. The Hall–Kier alpha value is -3.25. The maximum Gasteiger partial charge on any atom is 0.332 e. The Morgan fingerprint density at radius 3 is 2.12 bits per heavy atom. The number of carbonyl (C=O) groups excluding carboxylic acids is 2. The molecule has 0 amide bonds. The molecule has 0 aliphatic heterocycles. The van der Waals surface area contributed by atoms with Crippen LogP contribution in [0.2, 0.25) is 0 Å². The van der Waals surface area contributed by atoms with Crippen LogP contribution in [0.25, 0.3) is 0 Å². The predicted octanol–water partition coefficient (Wildman–Crippen LogP) is -0.216. The van der Waals surface area contributed by atoms with E-state index in [9.17, 15) is 27.6 Å². The van der Waals surface area contributed by atoms with Gasteiger partial charge in [-0.15, -0.1) is 0 Å². The molecule has 12 heteroatoms. The van der Waals surface area contributed by atoms with Gasteiger partial charge in [-0.05, 0) is 25.0 Å². The first kappa shape index (κ1) is 25.0. The highest BCUT2D eigenvalue weighted by Gasteiger charge is 2.33. The van der Waals surface area contributed by atoms with Crippen molar-refractivity contribution in [1.82, 2.24) is 13.9 Å². The Kier molecular flexibility index (Phi) is 7.42. The van der Waals surface area contributed by atoms with Crippen LogP contribution in [0, 0.1) is 5.92 Å². The molecule has 0 saturated heterocycles. The van der Waals surface area contributed by atoms with E-state index in [-0.39, 0.29) is 10.7 Å². The molecule has 174 valence electrons. The van der Waals surface area contributed by atoms with Crippen LogP contribution < -0.4 is 21.7 Å². The first-order chi connectivity index (χ1) is 14.8. The number of sulfonamides is 1. The van der Waals surface area contributed by atoms with Gasteiger partial charge in [-0.1, -0.05) is 32.0 Å². The monoisotopic (exact) mass is 466 g/mol. The van der Waals surface area contributed by atoms with E-state index in [1.54, 1.807) is 19.9 Å². The van der Waals surface area contributed by atoms with Gasteiger partial charge in [-0.3, -0.25) is 23.5 Å². The van der Waals surface area contributed by atoms with Crippen molar-refractivity contribution in [3.63, 3.8) is 0 Å². The van der Waals surface area contributed by atoms with Crippen LogP contribution in [-0.4, -0.2) is 41.5 Å². The van der Waals surface area contributed by atoms with Crippen LogP contribution >= 0.6 is 0 Å². The molecule has 3 N–H and O–H groups in total. The predicted molar refractivity (Wildman–Crippen MR) is 117 cm³/mol. The van der Waals surface area contributed by atoms with Crippen molar-refractivity contribution in [3.05, 3.63) is 56.7 Å². The van der Waals surface area contributed by atoms with Gasteiger partial charge in [0.25, 0.3) is 5.56 Å². The lowest BCUT2D eigenvalue weighted by Gasteiger charge is -2.23. The smallest absolute Gasteiger partial charge is 0.332 e. The summed E-state index contributed by atoms with van der Waals surface area (Å²) in [6.45, 7) is 4.44. The summed E-state index contributed by atoms with van der Waals surface area (Å²) in [4.78, 5) is 49.8. The molecule has 2 atom stereocenters. The second-order valence-electron chi connectivity index (χ2n) is 7.57. The molecule has 0 fully saturated rings. The molecule has 2 rings (SSSR count). The van der Waals surface area contributed by atoms with Crippen LogP contribution in [0.3, 0.4) is 0 Å². The molecule has 1 unspecified atom stereocenters. The molecule has 0 radical (unpaired) electrons. The average molecular weight is 467 g/mol. The first-order valence-corrected chi connectivity index (χ1v) is 11.2. The summed E-state index contributed by atoms with van der Waals surface area (Å²) < 4.78 is 34.3. The maximum absolute atomic E-state index is 12.8. The summed E-state index contributed by atoms with van der Waals surface area (Å²) in [6, 6.07) is 6.17. The SMILES string of the molecule is CC(OC(=O)[C@@H](NS(=O)(=O)c1ccccc1)C(C)C)C(=O)c1c(N)n(C)c(=O)n(C)c1=O. The van der Waals surface area contributed by atoms with Gasteiger partial charge in [-0.25, -0.2) is 13.2 Å². The highest BCUT2D eigenvalue weighted by atomic mass is 32.2. The third-order valence-corrected chi connectivity index (χ3v) is 6.33. The molecule has 32 heavy (non-hydrogen) atoms. The van der Waals surface area contributed by atoms with Crippen molar-refractivity contribution >= 4 is 27.6 Å². The Labute approximate surface area is 184 Å². The zero-order valence-corrected chi connectivity index (χ0v) is 19.2. The maximum atomic E-state index is 12.8. The van der Waals surface area contributed by atoms with E-state index in [1.165, 1.54) is 45.3 Å². The summed E-state index contributed by atoms with van der Waals surface area (Å²) in [5, 5.41) is 0. The lowest BCUT2D eigenvalue weighted by molar-refractivity contribution is -0.149. The number of nitrogens with zero attached hydrogens (tertiary/aromatic N) is 2. The zero-order valence-electron chi connectivity index (χ0n) is 18.4. The fourth-order valence-corrected chi connectivity index (χ4v) is 4.24. The van der Waals surface area contributed by atoms with Crippen LogP contribution in [0.5, 0.6) is 0 Å². The van der Waals surface area contributed by atoms with Gasteiger partial charge < -0.3 is 10.5 Å². The number of nitrogens with two attached hydrogens (primary N) is 1. The second-order valence-corrected chi connectivity index (χ2v) is 9.28. The standard InChI is InChI=1S/C20H26N4O7S/c1-11(2)15(22-32(29,30)13-9-7-6-8-10-13)19(27)31-12(3)16(25)14-17(21)23(4)20(28)24(5)18(14)26/h6-12,15,22H,21H2,1-5H3/t12?,15-/m0/s1. The van der Waals surface area contributed by atoms with Crippen molar-refractivity contribution in [2.75, 3.05) is 5.73 Å². The third kappa shape index (κ3) is 4.97. The third-order valence-electron chi connectivity index (χ3n) is 4.87. The number of carbonyl (C=O) groups is 2. The van der Waals surface area contributed by atoms with Crippen LogP contribution in [-0.2, 0) is 33.7 Å². The van der Waals surface area contributed by atoms with Crippen molar-refractivity contribution in [1.29, 1.82) is 0 Å². The molecule has 0 bridgehead atoms. The van der Waals surface area contributed by atoms with Crippen molar-refractivity contribution < 1.29 is 22.7 Å². The fourth-order valence-electron chi connectivity index (χ4n) is 2.89. The molecular formula is C20H26N4O7S. The van der Waals surface area contributed by atoms with Gasteiger partial charge in [0.2, 0.25) is 15.8 Å². The van der Waals surface area contributed by atoms with E-state index in [0.717, 1.165) is 4.57 Å². The molecule has 1 heterocycles. The number of benzene rings is 1. The topological polar surface area (TPSA) is 160 Å². The van der Waals surface area contributed by atoms with Crippen molar-refractivity contribution in [2.24, 2.45) is 20.0 Å². The lowest BCUT2D eigenvalue weighted by Crippen LogP contribution is -2.47. The number of ether oxygens (including phenoxy) is 1. The highest BCUT2D eigenvalue weighted by molar-refractivity contribution is 7.89. The molecule has 1 aromatic carbocycles. The van der Waals surface area contributed by atoms with Gasteiger partial charge in [0.15, 0.2) is 6.10 Å². The van der Waals surface area contributed by atoms with Crippen LogP contribution in [0.15, 0.2) is 44.8 Å². The van der Waals surface area contributed by atoms with Crippen molar-refractivity contribution in [3.8, 4) is 0 Å². The number of esters is 1. The van der Waals surface area contributed by atoms with Gasteiger partial charge in [0, 0.05) is 14.1 Å². The highest BCUT2D eigenvalue weighted by Crippen LogP contribution is 2.15. The molecule has 0 aliphatic carbocycles. The largest absolute Gasteiger partial charge is 0.453 e. The van der Waals surface area contributed by atoms with E-state index in [0.29, 0.717) is 4.57 Å². The molecule has 0 aliphatic rings. The molecule has 0 spiro atoms. The minimum Gasteiger partial charge on any atom is -0.453 e. The summed E-state index contributed by atoms with van der Waals surface area (Å²) in [6.07, 6.45) is -1.46. The number of ketones is 1. The minimum absolute atomic E-state index is 0.0379. The minimum atomic E-state index is -4.03. The number of rotatable bonds is 8. The number of nitrogens with one attached hydrogen (secondary N) is 1. The number of hydrogen-bond acceptors (Lipinski definition) is 8. The molecule has 1 aromatic heterocycles. The Balaban J connectivity index is 2.29. The van der Waals surface area contributed by atoms with Gasteiger partial charge in [0.1, 0.15) is 17.4 Å². The Morgan fingerprint density at radius 2 is 1.59 bits per heavy atom. The van der Waals surface area contributed by atoms with Gasteiger partial charge >= 0.3 is 11.7 Å². The summed E-state index contributed by atoms with van der Waals surface area (Å²) in [7, 11) is -1.56. The number of Topliss-reactive ketones (excluding diaryl/α,β-unsaturated/α-hetero) is 1. The summed E-state index contributed by atoms with van der Waals surface area (Å²) in [5.41, 5.74) is 3.63. The summed E-state index contributed by atoms with van der Waals surface area (Å²) in [5.74, 6) is -2.80. The van der Waals surface area contributed by atoms with Crippen molar-refractivity contribution in [2.45, 2.75) is 37.8 Å². The van der Waals surface area contributed by atoms with Gasteiger partial charge in [-0.2, -0.15) is 4.72 Å². The van der Waals surface area contributed by atoms with E-state index in [2.05, 4.69) is 4.72 Å². The van der Waals surface area contributed by atoms with E-state index < -0.39 is 56.7 Å². The van der Waals surface area contributed by atoms with E-state index in [1.807, 2.05) is 0 Å². The van der Waals surface area contributed by atoms with Crippen LogP contribution in [0.1, 0.15) is 31.1 Å². The normalized spacial score (nSPS) is 13.6. The molecule has 11 nitrogen and oxygen atoms in total. The quantitative estimate of drug-likeness (QED) is 0.399. The number of anilines is 1. The Morgan fingerprint density at radius 1 is 1.03 bits per heavy atom. The van der Waals surface area contributed by atoms with E-state index >= 15 is 0 Å². The Bertz CT molecular complexity index is 1250. The second kappa shape index (κ2) is 9.49. The zero-order chi connectivity index (χ0) is 24.4. The lowest BCUT2D eigenvalue weighted by atomic mass is 10.1. The average Bonchev–Trinajstić information content (AvgIpc) is 2.75. The van der Waals surface area contributed by atoms with Crippen LogP contribution in [0.4, 0.5) is 5.82 Å². The number of aromatic nitrogens is 2. The van der Waals surface area contributed by atoms with E-state index in [4.69, 9.17) is 10.5 Å². The first-order valence-electron chi connectivity index (χ1n) is 9.67. The molecule has 2 aromatic rings. The van der Waals surface area contributed by atoms with Gasteiger partial charge in [0.05, 0.1) is 4.90 Å².